The number of nitrogens with one attached hydrogen (secondary N) is 1. The minimum Gasteiger partial charge on any atom is -0.351 e. The Hall–Kier alpha value is -1.78. The van der Waals surface area contributed by atoms with Gasteiger partial charge in [0.15, 0.2) is 0 Å². The number of anilines is 1. The molecule has 0 aliphatic rings. The van der Waals surface area contributed by atoms with Gasteiger partial charge in [0.05, 0.1) is 12.0 Å². The third-order valence-electron chi connectivity index (χ3n) is 3.07. The van der Waals surface area contributed by atoms with Crippen LogP contribution in [-0.2, 0) is 13.1 Å². The molecule has 1 unspecified atom stereocenters. The summed E-state index contributed by atoms with van der Waals surface area (Å²) < 4.78 is 4.28. The number of imidazole rings is 2. The van der Waals surface area contributed by atoms with Gasteiger partial charge in [0, 0.05) is 37.7 Å². The van der Waals surface area contributed by atoms with Gasteiger partial charge in [-0.3, -0.25) is 0 Å². The molecule has 0 aromatic carbocycles. The summed E-state index contributed by atoms with van der Waals surface area (Å²) in [7, 11) is 0. The Kier molecular flexibility index (Phi) is 4.60. The van der Waals surface area contributed by atoms with Gasteiger partial charge in [0.2, 0.25) is 5.95 Å². The van der Waals surface area contributed by atoms with E-state index in [0.717, 1.165) is 24.7 Å². The van der Waals surface area contributed by atoms with Crippen molar-refractivity contribution in [3.63, 3.8) is 0 Å². The molecule has 0 bridgehead atoms. The molecule has 2 rings (SSSR count). The van der Waals surface area contributed by atoms with Crippen molar-refractivity contribution in [1.82, 2.24) is 19.1 Å². The second kappa shape index (κ2) is 6.41. The zero-order valence-corrected chi connectivity index (χ0v) is 12.0. The van der Waals surface area contributed by atoms with Crippen LogP contribution in [0.5, 0.6) is 0 Å². The molecule has 0 fully saturated rings. The second-order valence-corrected chi connectivity index (χ2v) is 5.06. The fourth-order valence-electron chi connectivity index (χ4n) is 2.14. The highest BCUT2D eigenvalue weighted by atomic mass is 15.2. The summed E-state index contributed by atoms with van der Waals surface area (Å²) in [6.45, 7) is 8.32. The van der Waals surface area contributed by atoms with Gasteiger partial charge < -0.3 is 14.5 Å². The number of hydrogen-bond acceptors (Lipinski definition) is 3. The van der Waals surface area contributed by atoms with Crippen molar-refractivity contribution in [1.29, 1.82) is 0 Å². The molecule has 0 amide bonds. The third kappa shape index (κ3) is 3.84. The maximum atomic E-state index is 4.56. The molecule has 104 valence electrons. The summed E-state index contributed by atoms with van der Waals surface area (Å²) in [5.74, 6) is 0.971. The van der Waals surface area contributed by atoms with Crippen LogP contribution >= 0.6 is 0 Å². The Morgan fingerprint density at radius 1 is 1.42 bits per heavy atom. The smallest absolute Gasteiger partial charge is 0.203 e. The average Bonchev–Trinajstić information content (AvgIpc) is 2.97. The lowest BCUT2D eigenvalue weighted by atomic mass is 10.3. The molecule has 1 atom stereocenters. The molecule has 0 spiro atoms. The number of hydrogen-bond donors (Lipinski definition) is 1. The van der Waals surface area contributed by atoms with Crippen molar-refractivity contribution < 1.29 is 0 Å². The van der Waals surface area contributed by atoms with E-state index in [1.165, 1.54) is 12.8 Å². The van der Waals surface area contributed by atoms with Gasteiger partial charge in [-0.05, 0) is 20.3 Å². The van der Waals surface area contributed by atoms with E-state index in [2.05, 4.69) is 44.5 Å². The van der Waals surface area contributed by atoms with E-state index >= 15 is 0 Å². The quantitative estimate of drug-likeness (QED) is 0.833. The van der Waals surface area contributed by atoms with Crippen molar-refractivity contribution in [2.45, 2.75) is 52.7 Å². The number of nitrogens with zero attached hydrogens (tertiary/aromatic N) is 4. The van der Waals surface area contributed by atoms with Crippen LogP contribution in [0.15, 0.2) is 24.9 Å². The lowest BCUT2D eigenvalue weighted by Crippen LogP contribution is -2.23. The van der Waals surface area contributed by atoms with E-state index in [1.807, 2.05) is 19.4 Å². The fourth-order valence-corrected chi connectivity index (χ4v) is 2.14. The van der Waals surface area contributed by atoms with Gasteiger partial charge >= 0.3 is 0 Å². The summed E-state index contributed by atoms with van der Waals surface area (Å²) in [6.07, 6.45) is 10.1. The van der Waals surface area contributed by atoms with Crippen LogP contribution in [0.3, 0.4) is 0 Å². The first-order valence-corrected chi connectivity index (χ1v) is 6.95. The van der Waals surface area contributed by atoms with Crippen LogP contribution in [0.4, 0.5) is 5.95 Å². The molecule has 0 saturated heterocycles. The number of rotatable bonds is 7. The van der Waals surface area contributed by atoms with Crippen molar-refractivity contribution in [3.8, 4) is 0 Å². The molecular formula is C14H23N5. The normalized spacial score (nSPS) is 12.6. The van der Waals surface area contributed by atoms with E-state index in [1.54, 1.807) is 6.20 Å². The first kappa shape index (κ1) is 13.6. The molecule has 1 N–H and O–H groups in total. The molecule has 5 heteroatoms. The summed E-state index contributed by atoms with van der Waals surface area (Å²) >= 11 is 0. The standard InChI is InChI=1S/C14H23N5/c1-4-5-7-19-10-13(3)17-14(19)16-12(2)9-18-8-6-15-11-18/h6,8,10-12H,4-5,7,9H2,1-3H3,(H,16,17). The molecule has 5 nitrogen and oxygen atoms in total. The van der Waals surface area contributed by atoms with Crippen molar-refractivity contribution in [2.75, 3.05) is 5.32 Å². The van der Waals surface area contributed by atoms with Gasteiger partial charge in [0.1, 0.15) is 0 Å². The Bertz CT molecular complexity index is 486. The van der Waals surface area contributed by atoms with Crippen molar-refractivity contribution in [3.05, 3.63) is 30.6 Å². The predicted octanol–water partition coefficient (Wildman–Crippen LogP) is 2.69. The molecular weight excluding hydrogens is 238 g/mol. The van der Waals surface area contributed by atoms with E-state index < -0.39 is 0 Å². The summed E-state index contributed by atoms with van der Waals surface area (Å²) in [5, 5.41) is 3.48. The summed E-state index contributed by atoms with van der Waals surface area (Å²) in [5.41, 5.74) is 1.06. The van der Waals surface area contributed by atoms with Crippen LogP contribution < -0.4 is 5.32 Å². The average molecular weight is 261 g/mol. The Labute approximate surface area is 114 Å². The van der Waals surface area contributed by atoms with Gasteiger partial charge in [-0.15, -0.1) is 0 Å². The van der Waals surface area contributed by atoms with Crippen molar-refractivity contribution in [2.24, 2.45) is 0 Å². The Balaban J connectivity index is 1.97. The predicted molar refractivity (Wildman–Crippen MR) is 77.2 cm³/mol. The first-order valence-electron chi connectivity index (χ1n) is 6.95. The monoisotopic (exact) mass is 261 g/mol. The van der Waals surface area contributed by atoms with Crippen LogP contribution in [0, 0.1) is 6.92 Å². The van der Waals surface area contributed by atoms with E-state index in [-0.39, 0.29) is 0 Å². The topological polar surface area (TPSA) is 47.7 Å². The minimum absolute atomic E-state index is 0.316. The molecule has 19 heavy (non-hydrogen) atoms. The Morgan fingerprint density at radius 2 is 2.26 bits per heavy atom. The summed E-state index contributed by atoms with van der Waals surface area (Å²) in [4.78, 5) is 8.62. The van der Waals surface area contributed by atoms with Crippen LogP contribution in [0.1, 0.15) is 32.4 Å². The van der Waals surface area contributed by atoms with Gasteiger partial charge in [-0.2, -0.15) is 0 Å². The highest BCUT2D eigenvalue weighted by Crippen LogP contribution is 2.11. The van der Waals surface area contributed by atoms with Gasteiger partial charge in [0.25, 0.3) is 0 Å². The number of aromatic nitrogens is 4. The van der Waals surface area contributed by atoms with Crippen molar-refractivity contribution >= 4 is 5.95 Å². The minimum atomic E-state index is 0.316. The Morgan fingerprint density at radius 3 is 2.95 bits per heavy atom. The van der Waals surface area contributed by atoms with E-state index in [9.17, 15) is 0 Å². The summed E-state index contributed by atoms with van der Waals surface area (Å²) in [6, 6.07) is 0.316. The second-order valence-electron chi connectivity index (χ2n) is 5.06. The molecule has 0 aliphatic carbocycles. The number of aryl methyl sites for hydroxylation is 2. The highest BCUT2D eigenvalue weighted by molar-refractivity contribution is 5.29. The molecule has 0 aliphatic heterocycles. The van der Waals surface area contributed by atoms with Gasteiger partial charge in [-0.25, -0.2) is 9.97 Å². The van der Waals surface area contributed by atoms with E-state index in [0.29, 0.717) is 6.04 Å². The lowest BCUT2D eigenvalue weighted by molar-refractivity contribution is 0.594. The molecule has 0 saturated carbocycles. The SMILES string of the molecule is CCCCn1cc(C)nc1NC(C)Cn1ccnc1. The zero-order chi connectivity index (χ0) is 13.7. The van der Waals surface area contributed by atoms with E-state index in [4.69, 9.17) is 0 Å². The maximum absolute atomic E-state index is 4.56. The maximum Gasteiger partial charge on any atom is 0.203 e. The largest absolute Gasteiger partial charge is 0.351 e. The van der Waals surface area contributed by atoms with Crippen LogP contribution in [0.25, 0.3) is 0 Å². The number of unbranched alkanes of at least 4 members (excludes halogenated alkanes) is 1. The highest BCUT2D eigenvalue weighted by Gasteiger charge is 2.09. The zero-order valence-electron chi connectivity index (χ0n) is 12.0. The van der Waals surface area contributed by atoms with Crippen LogP contribution in [-0.4, -0.2) is 25.1 Å². The molecule has 0 radical (unpaired) electrons. The third-order valence-corrected chi connectivity index (χ3v) is 3.07. The molecule has 2 aromatic heterocycles. The molecule has 2 aromatic rings. The fraction of sp³-hybridized carbons (Fsp3) is 0.571. The van der Waals surface area contributed by atoms with Gasteiger partial charge in [-0.1, -0.05) is 13.3 Å². The first-order chi connectivity index (χ1) is 9.19. The van der Waals surface area contributed by atoms with Crippen LogP contribution in [0.2, 0.25) is 0 Å². The molecule has 2 heterocycles. The lowest BCUT2D eigenvalue weighted by Gasteiger charge is -2.16.